The number of aryl methyl sites for hydroxylation is 3. The summed E-state index contributed by atoms with van der Waals surface area (Å²) in [5.74, 6) is 0. The van der Waals surface area contributed by atoms with Gasteiger partial charge in [0.25, 0.3) is 20.2 Å². The quantitative estimate of drug-likeness (QED) is 0.296. The maximum atomic E-state index is 13.4. The Morgan fingerprint density at radius 1 is 0.632 bits per heavy atom. The standard InChI is InChI=1S/C26H31NO8S3/c1-20-5-11-24(12-6-20)36(28,29)27(17-18-34-37(30,31)25-13-7-21(2)8-14-25)19-23(4)35-38(32,33)26-15-9-22(3)10-16-26/h5-16,23H,17-19H2,1-4H3/t23-/m0/s1. The van der Waals surface area contributed by atoms with Gasteiger partial charge in [0.2, 0.25) is 10.0 Å². The topological polar surface area (TPSA) is 124 Å². The number of sulfonamides is 1. The van der Waals surface area contributed by atoms with E-state index in [1.165, 1.54) is 43.3 Å². The molecule has 0 spiro atoms. The Bertz CT molecular complexity index is 1550. The molecule has 1 atom stereocenters. The Morgan fingerprint density at radius 2 is 1.03 bits per heavy atom. The van der Waals surface area contributed by atoms with Gasteiger partial charge in [-0.15, -0.1) is 0 Å². The SMILES string of the molecule is Cc1ccc(S(=O)(=O)OCCN(C[C@H](C)OS(=O)(=O)c2ccc(C)cc2)S(=O)(=O)c2ccc(C)cc2)cc1. The third-order valence-electron chi connectivity index (χ3n) is 5.61. The lowest BCUT2D eigenvalue weighted by Gasteiger charge is -2.25. The summed E-state index contributed by atoms with van der Waals surface area (Å²) in [7, 11) is -12.4. The molecule has 0 unspecified atom stereocenters. The van der Waals surface area contributed by atoms with Crippen molar-refractivity contribution in [3.05, 3.63) is 89.5 Å². The molecule has 0 bridgehead atoms. The van der Waals surface area contributed by atoms with Gasteiger partial charge in [-0.05, 0) is 64.1 Å². The molecule has 0 amide bonds. The highest BCUT2D eigenvalue weighted by molar-refractivity contribution is 7.89. The molecule has 0 aliphatic rings. The number of nitrogens with zero attached hydrogens (tertiary/aromatic N) is 1. The van der Waals surface area contributed by atoms with Crippen LogP contribution in [0.1, 0.15) is 23.6 Å². The summed E-state index contributed by atoms with van der Waals surface area (Å²) >= 11 is 0. The second-order valence-corrected chi connectivity index (χ2v) is 14.1. The highest BCUT2D eigenvalue weighted by Gasteiger charge is 2.29. The highest BCUT2D eigenvalue weighted by atomic mass is 32.2. The van der Waals surface area contributed by atoms with Crippen molar-refractivity contribution < 1.29 is 33.6 Å². The smallest absolute Gasteiger partial charge is 0.265 e. The van der Waals surface area contributed by atoms with E-state index in [1.54, 1.807) is 36.4 Å². The first-order chi connectivity index (χ1) is 17.7. The van der Waals surface area contributed by atoms with Crippen LogP contribution in [-0.4, -0.2) is 55.4 Å². The maximum Gasteiger partial charge on any atom is 0.297 e. The molecule has 0 saturated carbocycles. The van der Waals surface area contributed by atoms with Crippen molar-refractivity contribution in [2.75, 3.05) is 19.7 Å². The summed E-state index contributed by atoms with van der Waals surface area (Å²) in [4.78, 5) is -0.148. The van der Waals surface area contributed by atoms with Crippen molar-refractivity contribution in [3.8, 4) is 0 Å². The summed E-state index contributed by atoms with van der Waals surface area (Å²) in [6.07, 6.45) is -1.09. The summed E-state index contributed by atoms with van der Waals surface area (Å²) < 4.78 is 88.8. The zero-order chi connectivity index (χ0) is 28.1. The minimum absolute atomic E-state index is 0.0296. The van der Waals surface area contributed by atoms with Crippen molar-refractivity contribution in [1.82, 2.24) is 4.31 Å². The van der Waals surface area contributed by atoms with Crippen LogP contribution in [0.15, 0.2) is 87.5 Å². The van der Waals surface area contributed by atoms with E-state index >= 15 is 0 Å². The average Bonchev–Trinajstić information content (AvgIpc) is 2.84. The molecule has 3 aromatic carbocycles. The van der Waals surface area contributed by atoms with Crippen molar-refractivity contribution in [2.24, 2.45) is 0 Å². The zero-order valence-electron chi connectivity index (χ0n) is 21.6. The fourth-order valence-electron chi connectivity index (χ4n) is 3.48. The molecular weight excluding hydrogens is 550 g/mol. The van der Waals surface area contributed by atoms with Crippen molar-refractivity contribution in [2.45, 2.75) is 48.5 Å². The van der Waals surface area contributed by atoms with E-state index in [0.717, 1.165) is 21.0 Å². The number of hydrogen-bond donors (Lipinski definition) is 0. The summed E-state index contributed by atoms with van der Waals surface area (Å²) in [6, 6.07) is 18.2. The predicted molar refractivity (Wildman–Crippen MR) is 143 cm³/mol. The number of benzene rings is 3. The molecule has 0 fully saturated rings. The van der Waals surface area contributed by atoms with E-state index < -0.39 is 43.0 Å². The second kappa shape index (κ2) is 12.1. The Kier molecular flexibility index (Phi) is 9.50. The predicted octanol–water partition coefficient (Wildman–Crippen LogP) is 3.80. The highest BCUT2D eigenvalue weighted by Crippen LogP contribution is 2.21. The van der Waals surface area contributed by atoms with Crippen LogP contribution < -0.4 is 0 Å². The van der Waals surface area contributed by atoms with Crippen LogP contribution in [0.2, 0.25) is 0 Å². The molecule has 0 heterocycles. The molecule has 3 rings (SSSR count). The molecule has 0 aromatic heterocycles. The van der Waals surface area contributed by atoms with E-state index in [9.17, 15) is 25.3 Å². The van der Waals surface area contributed by atoms with Crippen LogP contribution >= 0.6 is 0 Å². The van der Waals surface area contributed by atoms with Gasteiger partial charge in [0.1, 0.15) is 0 Å². The summed E-state index contributed by atoms with van der Waals surface area (Å²) in [6.45, 7) is 5.65. The molecule has 12 heteroatoms. The van der Waals surface area contributed by atoms with Gasteiger partial charge in [-0.25, -0.2) is 8.42 Å². The van der Waals surface area contributed by atoms with Gasteiger partial charge < -0.3 is 0 Å². The zero-order valence-corrected chi connectivity index (χ0v) is 24.0. The summed E-state index contributed by atoms with van der Waals surface area (Å²) in [5.41, 5.74) is 2.59. The third kappa shape index (κ3) is 7.71. The van der Waals surface area contributed by atoms with Crippen LogP contribution in [-0.2, 0) is 38.6 Å². The molecular formula is C26H31NO8S3. The monoisotopic (exact) mass is 581 g/mol. The lowest BCUT2D eigenvalue weighted by Crippen LogP contribution is -2.40. The van der Waals surface area contributed by atoms with Gasteiger partial charge in [-0.2, -0.15) is 21.1 Å². The van der Waals surface area contributed by atoms with Crippen molar-refractivity contribution in [3.63, 3.8) is 0 Å². The molecule has 3 aromatic rings. The Balaban J connectivity index is 1.80. The fraction of sp³-hybridized carbons (Fsp3) is 0.308. The largest absolute Gasteiger partial charge is 0.297 e. The van der Waals surface area contributed by atoms with E-state index in [-0.39, 0.29) is 27.8 Å². The molecule has 38 heavy (non-hydrogen) atoms. The van der Waals surface area contributed by atoms with Gasteiger partial charge in [0.15, 0.2) is 0 Å². The first-order valence-corrected chi connectivity index (χ1v) is 16.0. The van der Waals surface area contributed by atoms with Crippen LogP contribution in [0.4, 0.5) is 0 Å². The van der Waals surface area contributed by atoms with E-state index in [0.29, 0.717) is 0 Å². The first-order valence-electron chi connectivity index (χ1n) is 11.7. The lowest BCUT2D eigenvalue weighted by atomic mass is 10.2. The van der Waals surface area contributed by atoms with Crippen LogP contribution in [0, 0.1) is 20.8 Å². The lowest BCUT2D eigenvalue weighted by molar-refractivity contribution is 0.182. The van der Waals surface area contributed by atoms with Gasteiger partial charge in [-0.1, -0.05) is 53.1 Å². The number of rotatable bonds is 12. The molecule has 0 saturated heterocycles. The van der Waals surface area contributed by atoms with Crippen LogP contribution in [0.3, 0.4) is 0 Å². The maximum absolute atomic E-state index is 13.4. The first kappa shape index (κ1) is 29.9. The second-order valence-electron chi connectivity index (χ2n) is 8.94. The van der Waals surface area contributed by atoms with E-state index in [2.05, 4.69) is 0 Å². The molecule has 9 nitrogen and oxygen atoms in total. The molecule has 0 radical (unpaired) electrons. The van der Waals surface area contributed by atoms with Crippen molar-refractivity contribution in [1.29, 1.82) is 0 Å². The molecule has 0 N–H and O–H groups in total. The number of hydrogen-bond acceptors (Lipinski definition) is 8. The summed E-state index contributed by atoms with van der Waals surface area (Å²) in [5, 5.41) is 0. The fourth-order valence-corrected chi connectivity index (χ4v) is 6.96. The molecule has 0 aliphatic carbocycles. The van der Waals surface area contributed by atoms with Gasteiger partial charge in [0.05, 0.1) is 27.4 Å². The molecule has 206 valence electrons. The third-order valence-corrected chi connectivity index (χ3v) is 10.2. The van der Waals surface area contributed by atoms with E-state index in [1.807, 2.05) is 20.8 Å². The average molecular weight is 582 g/mol. The van der Waals surface area contributed by atoms with Crippen molar-refractivity contribution >= 4 is 30.3 Å². The Hall–Kier alpha value is -2.61. The van der Waals surface area contributed by atoms with E-state index in [4.69, 9.17) is 8.37 Å². The van der Waals surface area contributed by atoms with Crippen LogP contribution in [0.25, 0.3) is 0 Å². The Morgan fingerprint density at radius 3 is 1.47 bits per heavy atom. The Labute approximate surface area is 225 Å². The van der Waals surface area contributed by atoms with Crippen LogP contribution in [0.5, 0.6) is 0 Å². The van der Waals surface area contributed by atoms with Gasteiger partial charge in [0, 0.05) is 13.1 Å². The minimum Gasteiger partial charge on any atom is -0.265 e. The minimum atomic E-state index is -4.17. The normalized spacial score (nSPS) is 13.5. The van der Waals surface area contributed by atoms with Gasteiger partial charge >= 0.3 is 0 Å². The molecule has 0 aliphatic heterocycles. The van der Waals surface area contributed by atoms with Gasteiger partial charge in [-0.3, -0.25) is 8.37 Å².